The maximum atomic E-state index is 12.3. The van der Waals surface area contributed by atoms with Crippen molar-refractivity contribution >= 4 is 17.7 Å². The molecule has 0 aliphatic carbocycles. The molecule has 3 rings (SSSR count). The zero-order valence-electron chi connectivity index (χ0n) is 14.8. The van der Waals surface area contributed by atoms with Crippen LogP contribution in [-0.2, 0) is 17.9 Å². The Bertz CT molecular complexity index is 683. The number of likely N-dealkylation sites (tertiary alicyclic amines) is 1. The minimum Gasteiger partial charge on any atom is -0.351 e. The summed E-state index contributed by atoms with van der Waals surface area (Å²) < 4.78 is 0. The van der Waals surface area contributed by atoms with Gasteiger partial charge in [-0.1, -0.05) is 42.5 Å². The molecule has 0 saturated carbocycles. The Morgan fingerprint density at radius 1 is 1.08 bits per heavy atom. The first-order valence-corrected chi connectivity index (χ1v) is 9.88. The van der Waals surface area contributed by atoms with Crippen LogP contribution in [0.3, 0.4) is 0 Å². The number of amides is 1. The Morgan fingerprint density at radius 2 is 1.80 bits per heavy atom. The number of carbonyl (C=O) groups excluding carboxylic acids is 1. The average Bonchev–Trinajstić information content (AvgIpc) is 3.14. The van der Waals surface area contributed by atoms with Crippen LogP contribution in [0.25, 0.3) is 0 Å². The smallest absolute Gasteiger partial charge is 0.233 e. The van der Waals surface area contributed by atoms with Gasteiger partial charge < -0.3 is 5.32 Å². The average molecular weight is 355 g/mol. The first-order valence-electron chi connectivity index (χ1n) is 9.00. The lowest BCUT2D eigenvalue weighted by Gasteiger charge is -2.16. The molecule has 0 radical (unpaired) electrons. The van der Waals surface area contributed by atoms with Crippen molar-refractivity contribution in [2.24, 2.45) is 0 Å². The summed E-state index contributed by atoms with van der Waals surface area (Å²) in [5.74, 6) is 0.0822. The number of carbonyl (C=O) groups is 1. The second-order valence-electron chi connectivity index (χ2n) is 6.59. The molecule has 1 amide bonds. The van der Waals surface area contributed by atoms with Crippen LogP contribution in [0.5, 0.6) is 0 Å². The van der Waals surface area contributed by atoms with Crippen molar-refractivity contribution in [2.45, 2.75) is 43.0 Å². The molecular weight excluding hydrogens is 328 g/mol. The van der Waals surface area contributed by atoms with Gasteiger partial charge in [0.15, 0.2) is 0 Å². The van der Waals surface area contributed by atoms with Crippen LogP contribution in [-0.4, -0.2) is 29.1 Å². The lowest BCUT2D eigenvalue weighted by molar-refractivity contribution is -0.120. The third-order valence-corrected chi connectivity index (χ3v) is 5.60. The summed E-state index contributed by atoms with van der Waals surface area (Å²) in [6.45, 7) is 5.97. The molecule has 1 heterocycles. The maximum Gasteiger partial charge on any atom is 0.233 e. The van der Waals surface area contributed by atoms with Gasteiger partial charge in [-0.15, -0.1) is 11.8 Å². The highest BCUT2D eigenvalue weighted by atomic mass is 32.2. The molecule has 25 heavy (non-hydrogen) atoms. The van der Waals surface area contributed by atoms with Gasteiger partial charge in [0.05, 0.1) is 5.25 Å². The van der Waals surface area contributed by atoms with Crippen LogP contribution in [0.1, 0.15) is 30.9 Å². The molecule has 1 fully saturated rings. The first-order chi connectivity index (χ1) is 12.2. The second kappa shape index (κ2) is 9.07. The van der Waals surface area contributed by atoms with Crippen LogP contribution in [0.2, 0.25) is 0 Å². The van der Waals surface area contributed by atoms with E-state index in [0.717, 1.165) is 11.4 Å². The normalized spacial score (nSPS) is 15.9. The lowest BCUT2D eigenvalue weighted by Crippen LogP contribution is -2.30. The van der Waals surface area contributed by atoms with Crippen LogP contribution in [0, 0.1) is 0 Å². The van der Waals surface area contributed by atoms with Crippen LogP contribution < -0.4 is 5.32 Å². The van der Waals surface area contributed by atoms with Gasteiger partial charge in [0.25, 0.3) is 0 Å². The number of rotatable bonds is 7. The molecule has 132 valence electrons. The van der Waals surface area contributed by atoms with E-state index in [2.05, 4.69) is 34.5 Å². The molecule has 3 nitrogen and oxygen atoms in total. The molecule has 1 aliphatic rings. The molecule has 0 unspecified atom stereocenters. The molecule has 0 spiro atoms. The predicted octanol–water partition coefficient (Wildman–Crippen LogP) is 4.08. The van der Waals surface area contributed by atoms with Gasteiger partial charge in [-0.25, -0.2) is 0 Å². The van der Waals surface area contributed by atoms with Crippen molar-refractivity contribution in [3.05, 3.63) is 65.7 Å². The number of benzene rings is 2. The lowest BCUT2D eigenvalue weighted by atomic mass is 10.1. The Balaban J connectivity index is 1.49. The fraction of sp³-hybridized carbons (Fsp3) is 0.381. The Morgan fingerprint density at radius 3 is 2.56 bits per heavy atom. The topological polar surface area (TPSA) is 32.3 Å². The van der Waals surface area contributed by atoms with E-state index in [1.807, 2.05) is 37.3 Å². The summed E-state index contributed by atoms with van der Waals surface area (Å²) in [6.07, 6.45) is 2.62. The third-order valence-electron chi connectivity index (χ3n) is 4.49. The van der Waals surface area contributed by atoms with E-state index in [-0.39, 0.29) is 11.2 Å². The van der Waals surface area contributed by atoms with Gasteiger partial charge in [0.1, 0.15) is 0 Å². The predicted molar refractivity (Wildman–Crippen MR) is 105 cm³/mol. The molecule has 1 N–H and O–H groups in total. The van der Waals surface area contributed by atoms with Crippen LogP contribution in [0.4, 0.5) is 0 Å². The van der Waals surface area contributed by atoms with E-state index in [4.69, 9.17) is 0 Å². The van der Waals surface area contributed by atoms with Gasteiger partial charge in [-0.2, -0.15) is 0 Å². The largest absolute Gasteiger partial charge is 0.351 e. The number of nitrogens with zero attached hydrogens (tertiary/aromatic N) is 1. The van der Waals surface area contributed by atoms with Crippen molar-refractivity contribution in [1.29, 1.82) is 0 Å². The highest BCUT2D eigenvalue weighted by Crippen LogP contribution is 2.22. The van der Waals surface area contributed by atoms with Crippen LogP contribution >= 0.6 is 11.8 Å². The van der Waals surface area contributed by atoms with E-state index >= 15 is 0 Å². The third kappa shape index (κ3) is 5.62. The highest BCUT2D eigenvalue weighted by molar-refractivity contribution is 8.00. The van der Waals surface area contributed by atoms with E-state index in [0.29, 0.717) is 6.54 Å². The van der Waals surface area contributed by atoms with Gasteiger partial charge in [-0.05, 0) is 56.1 Å². The van der Waals surface area contributed by atoms with Crippen molar-refractivity contribution in [3.8, 4) is 0 Å². The van der Waals surface area contributed by atoms with Crippen molar-refractivity contribution in [2.75, 3.05) is 13.1 Å². The summed E-state index contributed by atoms with van der Waals surface area (Å²) in [5.41, 5.74) is 2.50. The van der Waals surface area contributed by atoms with E-state index in [1.165, 1.54) is 37.1 Å². The van der Waals surface area contributed by atoms with Gasteiger partial charge in [-0.3, -0.25) is 9.69 Å². The quantitative estimate of drug-likeness (QED) is 0.761. The van der Waals surface area contributed by atoms with Gasteiger partial charge in [0, 0.05) is 18.0 Å². The summed E-state index contributed by atoms with van der Waals surface area (Å²) in [6, 6.07) is 18.6. The van der Waals surface area contributed by atoms with Gasteiger partial charge in [0.2, 0.25) is 5.91 Å². The standard InChI is InChI=1S/C21H26N2OS/c1-17(25-20-10-3-2-4-11-20)21(24)22-15-18-8-7-9-19(14-18)16-23-12-5-6-13-23/h2-4,7-11,14,17H,5-6,12-13,15-16H2,1H3,(H,22,24)/t17-/m0/s1. The van der Waals surface area contributed by atoms with Crippen molar-refractivity contribution in [3.63, 3.8) is 0 Å². The van der Waals surface area contributed by atoms with Crippen molar-refractivity contribution < 1.29 is 4.79 Å². The SMILES string of the molecule is C[C@H](Sc1ccccc1)C(=O)NCc1cccc(CN2CCCC2)c1. The summed E-state index contributed by atoms with van der Waals surface area (Å²) in [4.78, 5) is 16.0. The maximum absolute atomic E-state index is 12.3. The molecule has 0 bridgehead atoms. The number of hydrogen-bond acceptors (Lipinski definition) is 3. The van der Waals surface area contributed by atoms with Crippen molar-refractivity contribution in [1.82, 2.24) is 10.2 Å². The molecule has 0 aromatic heterocycles. The monoisotopic (exact) mass is 354 g/mol. The number of nitrogens with one attached hydrogen (secondary N) is 1. The molecule has 2 aromatic rings. The molecule has 2 aromatic carbocycles. The van der Waals surface area contributed by atoms with Gasteiger partial charge >= 0.3 is 0 Å². The second-order valence-corrected chi connectivity index (χ2v) is 8.01. The Kier molecular flexibility index (Phi) is 6.54. The number of thioether (sulfide) groups is 1. The minimum absolute atomic E-state index is 0.0822. The molecule has 1 saturated heterocycles. The molecule has 4 heteroatoms. The fourth-order valence-electron chi connectivity index (χ4n) is 3.13. The molecule has 1 atom stereocenters. The van der Waals surface area contributed by atoms with Crippen LogP contribution in [0.15, 0.2) is 59.5 Å². The van der Waals surface area contributed by atoms with E-state index < -0.39 is 0 Å². The summed E-state index contributed by atoms with van der Waals surface area (Å²) >= 11 is 1.59. The molecule has 1 aliphatic heterocycles. The van der Waals surface area contributed by atoms with E-state index in [1.54, 1.807) is 11.8 Å². The van der Waals surface area contributed by atoms with E-state index in [9.17, 15) is 4.79 Å². The Hall–Kier alpha value is -1.78. The Labute approximate surface area is 154 Å². The number of hydrogen-bond donors (Lipinski definition) is 1. The highest BCUT2D eigenvalue weighted by Gasteiger charge is 2.14. The summed E-state index contributed by atoms with van der Waals surface area (Å²) in [7, 11) is 0. The minimum atomic E-state index is -0.102. The zero-order valence-corrected chi connectivity index (χ0v) is 15.6. The summed E-state index contributed by atoms with van der Waals surface area (Å²) in [5, 5.41) is 2.96. The first kappa shape index (κ1) is 18.0. The molecular formula is C21H26N2OS. The fourth-order valence-corrected chi connectivity index (χ4v) is 4.04. The zero-order chi connectivity index (χ0) is 17.5.